The van der Waals surface area contributed by atoms with Crippen molar-refractivity contribution in [2.24, 2.45) is 5.92 Å². The van der Waals surface area contributed by atoms with Crippen LogP contribution >= 0.6 is 0 Å². The molecule has 2 atom stereocenters. The Bertz CT molecular complexity index is 753. The van der Waals surface area contributed by atoms with E-state index in [-0.39, 0.29) is 17.9 Å². The summed E-state index contributed by atoms with van der Waals surface area (Å²) < 4.78 is 5.83. The van der Waals surface area contributed by atoms with E-state index in [0.717, 1.165) is 22.9 Å². The second kappa shape index (κ2) is 8.01. The van der Waals surface area contributed by atoms with Crippen molar-refractivity contribution >= 4 is 22.6 Å². The van der Waals surface area contributed by atoms with Gasteiger partial charge in [-0.05, 0) is 37.1 Å². The van der Waals surface area contributed by atoms with Gasteiger partial charge in [0.25, 0.3) is 0 Å². The van der Waals surface area contributed by atoms with Crippen molar-refractivity contribution in [3.05, 3.63) is 42.5 Å². The normalized spacial score (nSPS) is 19.7. The maximum Gasteiger partial charge on any atom is 0.306 e. The summed E-state index contributed by atoms with van der Waals surface area (Å²) in [5.74, 6) is -0.281. The Morgan fingerprint density at radius 3 is 2.72 bits per heavy atom. The molecule has 2 aromatic rings. The Morgan fingerprint density at radius 2 is 1.92 bits per heavy atom. The molecule has 1 fully saturated rings. The zero-order chi connectivity index (χ0) is 17.6. The summed E-state index contributed by atoms with van der Waals surface area (Å²) in [6.07, 6.45) is 2.94. The second-order valence-corrected chi connectivity index (χ2v) is 6.54. The van der Waals surface area contributed by atoms with Crippen LogP contribution in [-0.4, -0.2) is 29.6 Å². The highest BCUT2D eigenvalue weighted by atomic mass is 16.5. The molecule has 0 unspecified atom stereocenters. The number of hydrogen-bond acceptors (Lipinski definition) is 3. The minimum absolute atomic E-state index is 0.00687. The van der Waals surface area contributed by atoms with Crippen molar-refractivity contribution in [3.8, 4) is 5.75 Å². The lowest BCUT2D eigenvalue weighted by Gasteiger charge is -2.13. The Hall–Kier alpha value is -2.56. The molecule has 2 aromatic carbocycles. The molecule has 1 aliphatic rings. The van der Waals surface area contributed by atoms with Gasteiger partial charge in [-0.2, -0.15) is 0 Å². The van der Waals surface area contributed by atoms with Crippen molar-refractivity contribution in [2.75, 3.05) is 6.61 Å². The Morgan fingerprint density at radius 1 is 1.12 bits per heavy atom. The molecule has 0 heterocycles. The number of carboxylic acids is 1. The summed E-state index contributed by atoms with van der Waals surface area (Å²) in [4.78, 5) is 22.9. The van der Waals surface area contributed by atoms with Crippen LogP contribution < -0.4 is 10.1 Å². The molecule has 0 saturated heterocycles. The largest absolute Gasteiger partial charge is 0.493 e. The van der Waals surface area contributed by atoms with Crippen molar-refractivity contribution in [3.63, 3.8) is 0 Å². The van der Waals surface area contributed by atoms with E-state index in [1.54, 1.807) is 0 Å². The molecule has 132 valence electrons. The molecule has 0 radical (unpaired) electrons. The number of fused-ring (bicyclic) bond motifs is 1. The summed E-state index contributed by atoms with van der Waals surface area (Å²) in [6, 6.07) is 14.0. The van der Waals surface area contributed by atoms with E-state index in [4.69, 9.17) is 9.84 Å². The third-order valence-corrected chi connectivity index (χ3v) is 4.70. The zero-order valence-corrected chi connectivity index (χ0v) is 14.1. The predicted octanol–water partition coefficient (Wildman–Crippen LogP) is 3.37. The lowest BCUT2D eigenvalue weighted by Crippen LogP contribution is -2.33. The highest BCUT2D eigenvalue weighted by Gasteiger charge is 2.30. The Balaban J connectivity index is 1.41. The SMILES string of the molecule is O=C(CCCOc1cccc2ccccc12)N[C@@H]1CC[C@H](C(=O)O)C1. The van der Waals surface area contributed by atoms with Crippen LogP contribution in [0.3, 0.4) is 0 Å². The van der Waals surface area contributed by atoms with Crippen LogP contribution in [0.15, 0.2) is 42.5 Å². The summed E-state index contributed by atoms with van der Waals surface area (Å²) >= 11 is 0. The first kappa shape index (κ1) is 17.3. The van der Waals surface area contributed by atoms with Gasteiger partial charge in [-0.25, -0.2) is 0 Å². The molecule has 1 saturated carbocycles. The molecule has 5 heteroatoms. The van der Waals surface area contributed by atoms with Crippen molar-refractivity contribution in [2.45, 2.75) is 38.1 Å². The van der Waals surface area contributed by atoms with Crippen LogP contribution in [0, 0.1) is 5.92 Å². The molecule has 1 amide bonds. The van der Waals surface area contributed by atoms with Crippen molar-refractivity contribution in [1.82, 2.24) is 5.32 Å². The first-order valence-electron chi connectivity index (χ1n) is 8.76. The fourth-order valence-electron chi connectivity index (χ4n) is 3.37. The predicted molar refractivity (Wildman–Crippen MR) is 95.6 cm³/mol. The summed E-state index contributed by atoms with van der Waals surface area (Å²) in [6.45, 7) is 0.476. The number of amides is 1. The van der Waals surface area contributed by atoms with Gasteiger partial charge in [0.1, 0.15) is 5.75 Å². The van der Waals surface area contributed by atoms with Crippen LogP contribution in [0.4, 0.5) is 0 Å². The van der Waals surface area contributed by atoms with E-state index in [2.05, 4.69) is 5.32 Å². The fourth-order valence-corrected chi connectivity index (χ4v) is 3.37. The molecule has 0 aromatic heterocycles. The number of hydrogen-bond donors (Lipinski definition) is 2. The van der Waals surface area contributed by atoms with Crippen LogP contribution in [0.1, 0.15) is 32.1 Å². The van der Waals surface area contributed by atoms with Gasteiger partial charge in [0.05, 0.1) is 12.5 Å². The molecule has 25 heavy (non-hydrogen) atoms. The van der Waals surface area contributed by atoms with E-state index < -0.39 is 5.97 Å². The zero-order valence-electron chi connectivity index (χ0n) is 14.1. The summed E-state index contributed by atoms with van der Waals surface area (Å²) in [7, 11) is 0. The van der Waals surface area contributed by atoms with E-state index in [0.29, 0.717) is 32.3 Å². The third kappa shape index (κ3) is 4.50. The molecule has 0 bridgehead atoms. The van der Waals surface area contributed by atoms with Gasteiger partial charge in [0.2, 0.25) is 5.91 Å². The minimum atomic E-state index is -0.764. The standard InChI is InChI=1S/C20H23NO4/c22-19(21-16-11-10-15(13-16)20(23)24)9-4-12-25-18-8-3-6-14-5-1-2-7-17(14)18/h1-3,5-8,15-16H,4,9-13H2,(H,21,22)(H,23,24)/t15-,16+/m0/s1. The van der Waals surface area contributed by atoms with Crippen LogP contribution in [0.2, 0.25) is 0 Å². The highest BCUT2D eigenvalue weighted by Crippen LogP contribution is 2.26. The molecular weight excluding hydrogens is 318 g/mol. The average molecular weight is 341 g/mol. The second-order valence-electron chi connectivity index (χ2n) is 6.54. The van der Waals surface area contributed by atoms with Gasteiger partial charge in [-0.1, -0.05) is 36.4 Å². The quantitative estimate of drug-likeness (QED) is 0.757. The first-order chi connectivity index (χ1) is 12.1. The maximum atomic E-state index is 12.0. The number of ether oxygens (including phenoxy) is 1. The molecule has 0 spiro atoms. The number of nitrogens with one attached hydrogen (secondary N) is 1. The number of aliphatic carboxylic acids is 1. The molecular formula is C20H23NO4. The van der Waals surface area contributed by atoms with Gasteiger partial charge >= 0.3 is 5.97 Å². The molecule has 3 rings (SSSR count). The lowest BCUT2D eigenvalue weighted by molar-refractivity contribution is -0.141. The van der Waals surface area contributed by atoms with Crippen molar-refractivity contribution in [1.29, 1.82) is 0 Å². The van der Waals surface area contributed by atoms with Gasteiger partial charge < -0.3 is 15.2 Å². The van der Waals surface area contributed by atoms with E-state index in [1.165, 1.54) is 0 Å². The van der Waals surface area contributed by atoms with Gasteiger partial charge in [0.15, 0.2) is 0 Å². The molecule has 0 aliphatic heterocycles. The lowest BCUT2D eigenvalue weighted by atomic mass is 10.1. The monoisotopic (exact) mass is 341 g/mol. The van der Waals surface area contributed by atoms with E-state index in [9.17, 15) is 9.59 Å². The number of rotatable bonds is 7. The van der Waals surface area contributed by atoms with Gasteiger partial charge in [-0.15, -0.1) is 0 Å². The minimum Gasteiger partial charge on any atom is -0.493 e. The van der Waals surface area contributed by atoms with Crippen molar-refractivity contribution < 1.29 is 19.4 Å². The third-order valence-electron chi connectivity index (χ3n) is 4.70. The first-order valence-corrected chi connectivity index (χ1v) is 8.76. The Kier molecular flexibility index (Phi) is 5.53. The summed E-state index contributed by atoms with van der Waals surface area (Å²) in [5, 5.41) is 14.1. The van der Waals surface area contributed by atoms with E-state index in [1.807, 2.05) is 42.5 Å². The van der Waals surface area contributed by atoms with Crippen LogP contribution in [0.25, 0.3) is 10.8 Å². The number of carbonyl (C=O) groups is 2. The molecule has 5 nitrogen and oxygen atoms in total. The average Bonchev–Trinajstić information content (AvgIpc) is 3.07. The topological polar surface area (TPSA) is 75.6 Å². The number of benzene rings is 2. The van der Waals surface area contributed by atoms with Gasteiger partial charge in [-0.3, -0.25) is 9.59 Å². The molecule has 1 aliphatic carbocycles. The highest BCUT2D eigenvalue weighted by molar-refractivity contribution is 5.88. The maximum absolute atomic E-state index is 12.0. The molecule has 2 N–H and O–H groups in total. The van der Waals surface area contributed by atoms with E-state index >= 15 is 0 Å². The number of carboxylic acid groups (broad SMARTS) is 1. The fraction of sp³-hybridized carbons (Fsp3) is 0.400. The van der Waals surface area contributed by atoms with Crippen LogP contribution in [-0.2, 0) is 9.59 Å². The number of carbonyl (C=O) groups excluding carboxylic acids is 1. The van der Waals surface area contributed by atoms with Crippen LogP contribution in [0.5, 0.6) is 5.75 Å². The smallest absolute Gasteiger partial charge is 0.306 e. The Labute approximate surface area is 147 Å². The van der Waals surface area contributed by atoms with Gasteiger partial charge in [0, 0.05) is 17.8 Å². The summed E-state index contributed by atoms with van der Waals surface area (Å²) in [5.41, 5.74) is 0.